The quantitative estimate of drug-likeness (QED) is 0.321. The van der Waals surface area contributed by atoms with Gasteiger partial charge in [0.25, 0.3) is 0 Å². The molecule has 4 rings (SSSR count). The van der Waals surface area contributed by atoms with Crippen LogP contribution >= 0.6 is 0 Å². The van der Waals surface area contributed by atoms with Crippen molar-refractivity contribution in [2.24, 2.45) is 23.7 Å². The summed E-state index contributed by atoms with van der Waals surface area (Å²) in [6.07, 6.45) is -5.33. The molecule has 4 saturated heterocycles. The summed E-state index contributed by atoms with van der Waals surface area (Å²) in [5, 5.41) is 22.9. The molecule has 0 saturated carbocycles. The van der Waals surface area contributed by atoms with Crippen molar-refractivity contribution in [3.05, 3.63) is 0 Å². The molecule has 0 aromatic heterocycles. The maximum atomic E-state index is 14.0. The number of Topliss-reactive ketones (excluding diaryl/α,β-unsaturated/α-hetero) is 1. The highest BCUT2D eigenvalue weighted by Gasteiger charge is 2.57. The number of hydrogen-bond donors (Lipinski definition) is 2. The summed E-state index contributed by atoms with van der Waals surface area (Å²) >= 11 is 0. The summed E-state index contributed by atoms with van der Waals surface area (Å²) in [7, 11) is 3.82. The topological polar surface area (TPSA) is 163 Å². The number of rotatable bonds is 5. The van der Waals surface area contributed by atoms with Gasteiger partial charge in [-0.2, -0.15) is 0 Å². The van der Waals surface area contributed by atoms with E-state index in [0.29, 0.717) is 13.0 Å². The molecule has 13 heteroatoms. The molecule has 4 heterocycles. The summed E-state index contributed by atoms with van der Waals surface area (Å²) in [5.74, 6) is -4.46. The second kappa shape index (κ2) is 14.9. The number of ketones is 1. The highest BCUT2D eigenvalue weighted by Crippen LogP contribution is 2.43. The fourth-order valence-corrected chi connectivity index (χ4v) is 7.97. The zero-order valence-electron chi connectivity index (χ0n) is 30.6. The van der Waals surface area contributed by atoms with E-state index in [4.69, 9.17) is 33.2 Å². The first-order valence-corrected chi connectivity index (χ1v) is 17.5. The monoisotopic (exact) mass is 685 g/mol. The first-order chi connectivity index (χ1) is 22.3. The summed E-state index contributed by atoms with van der Waals surface area (Å²) in [6, 6.07) is -0.218. The van der Waals surface area contributed by atoms with Crippen LogP contribution in [0, 0.1) is 23.7 Å². The Bertz CT molecular complexity index is 1160. The highest BCUT2D eigenvalue weighted by molar-refractivity contribution is 5.83. The van der Waals surface area contributed by atoms with Crippen molar-refractivity contribution in [3.8, 4) is 0 Å². The Kier molecular flexibility index (Phi) is 12.1. The Morgan fingerprint density at radius 3 is 2.21 bits per heavy atom. The minimum Gasteiger partial charge on any atom is -0.459 e. The van der Waals surface area contributed by atoms with Gasteiger partial charge in [0.15, 0.2) is 12.4 Å². The Hall–Kier alpha value is -1.71. The van der Waals surface area contributed by atoms with Crippen molar-refractivity contribution in [3.63, 3.8) is 0 Å². The van der Waals surface area contributed by atoms with E-state index >= 15 is 0 Å². The number of ether oxygens (including phenoxy) is 7. The fourth-order valence-electron chi connectivity index (χ4n) is 7.97. The number of esters is 2. The van der Waals surface area contributed by atoms with Gasteiger partial charge in [0, 0.05) is 24.7 Å². The average molecular weight is 686 g/mol. The van der Waals surface area contributed by atoms with Gasteiger partial charge < -0.3 is 48.3 Å². The van der Waals surface area contributed by atoms with E-state index in [1.165, 1.54) is 13.8 Å². The standard InChI is InChI=1S/C35H59NO12/c1-12-25-34(9,41)29(39)20(4)26(38)18(2)14-33(8)30(48-32-28(46-23(7)37)24(36(10)11)13-19(3)45-32)21(5)27(22(6)31(40)47-25)42-15-35(16-43-33)17-44-35/h18-22,24-25,27-30,32,39,41H,12-17H2,1-11H3/t18-,19-,20+,21+,22-,24+,25-,27+,28-,29-,30-,32-,33-,34-,35?/m1/s1. The number of hydrogen-bond acceptors (Lipinski definition) is 13. The molecule has 48 heavy (non-hydrogen) atoms. The first kappa shape index (κ1) is 39.1. The van der Waals surface area contributed by atoms with E-state index in [1.54, 1.807) is 27.7 Å². The Labute approximate surface area is 285 Å². The van der Waals surface area contributed by atoms with E-state index in [0.717, 1.165) is 0 Å². The van der Waals surface area contributed by atoms with E-state index in [-0.39, 0.29) is 44.0 Å². The Morgan fingerprint density at radius 2 is 1.65 bits per heavy atom. The average Bonchev–Trinajstić information content (AvgIpc) is 3.79. The van der Waals surface area contributed by atoms with Crippen LogP contribution in [0.5, 0.6) is 0 Å². The second-order valence-corrected chi connectivity index (χ2v) is 15.5. The molecule has 1 spiro atoms. The number of nitrogens with zero attached hydrogens (tertiary/aromatic N) is 1. The van der Waals surface area contributed by atoms with Crippen LogP contribution < -0.4 is 0 Å². The third kappa shape index (κ3) is 8.09. The molecule has 4 aliphatic rings. The van der Waals surface area contributed by atoms with E-state index in [1.807, 2.05) is 39.8 Å². The summed E-state index contributed by atoms with van der Waals surface area (Å²) in [4.78, 5) is 42.2. The molecule has 0 aromatic rings. The third-order valence-corrected chi connectivity index (χ3v) is 11.1. The van der Waals surface area contributed by atoms with Crippen LogP contribution in [0.25, 0.3) is 0 Å². The fraction of sp³-hybridized carbons (Fsp3) is 0.914. The largest absolute Gasteiger partial charge is 0.459 e. The number of carbonyl (C=O) groups excluding carboxylic acids is 3. The highest BCUT2D eigenvalue weighted by atomic mass is 16.7. The van der Waals surface area contributed by atoms with Crippen molar-refractivity contribution < 1.29 is 57.8 Å². The molecule has 13 nitrogen and oxygen atoms in total. The Morgan fingerprint density at radius 1 is 1.02 bits per heavy atom. The molecule has 0 radical (unpaired) electrons. The van der Waals surface area contributed by atoms with Crippen molar-refractivity contribution in [1.29, 1.82) is 0 Å². The van der Waals surface area contributed by atoms with Crippen molar-refractivity contribution >= 4 is 17.7 Å². The lowest BCUT2D eigenvalue weighted by atomic mass is 9.74. The van der Waals surface area contributed by atoms with Gasteiger partial charge in [0.1, 0.15) is 23.1 Å². The molecule has 0 aliphatic carbocycles. The molecule has 2 N–H and O–H groups in total. The van der Waals surface area contributed by atoms with Crippen LogP contribution in [-0.4, -0.2) is 133 Å². The predicted octanol–water partition coefficient (Wildman–Crippen LogP) is 2.26. The van der Waals surface area contributed by atoms with Crippen molar-refractivity contribution in [2.45, 2.75) is 147 Å². The van der Waals surface area contributed by atoms with Gasteiger partial charge >= 0.3 is 11.9 Å². The lowest BCUT2D eigenvalue weighted by Gasteiger charge is -2.49. The van der Waals surface area contributed by atoms with Crippen molar-refractivity contribution in [1.82, 2.24) is 4.90 Å². The van der Waals surface area contributed by atoms with Gasteiger partial charge in [-0.05, 0) is 61.1 Å². The number of aliphatic hydroxyl groups excluding tert-OH is 1. The SMILES string of the molecule is CC[C@H]1OC(=O)[C@H](C)[C@H]2OCC3(CO3)CO[C@](C)(C[C@@H](C)C(=O)[C@H](C)[C@@H](O)[C@]1(C)O)[C@H](O[C@H]1O[C@H](C)C[C@H](N(C)C)[C@H]1OC(C)=O)[C@H]2C. The molecule has 0 aromatic carbocycles. The minimum absolute atomic E-state index is 0.142. The second-order valence-electron chi connectivity index (χ2n) is 15.5. The summed E-state index contributed by atoms with van der Waals surface area (Å²) < 4.78 is 44.2. The third-order valence-electron chi connectivity index (χ3n) is 11.1. The van der Waals surface area contributed by atoms with Gasteiger partial charge in [0.05, 0.1) is 61.8 Å². The number of fused-ring (bicyclic) bond motifs is 3. The predicted molar refractivity (Wildman–Crippen MR) is 173 cm³/mol. The molecule has 276 valence electrons. The maximum Gasteiger partial charge on any atom is 0.311 e. The van der Waals surface area contributed by atoms with Crippen LogP contribution in [-0.2, 0) is 47.5 Å². The molecule has 1 unspecified atom stereocenters. The van der Waals surface area contributed by atoms with Gasteiger partial charge in [-0.15, -0.1) is 0 Å². The van der Waals surface area contributed by atoms with Crippen LogP contribution in [0.3, 0.4) is 0 Å². The maximum absolute atomic E-state index is 14.0. The first-order valence-electron chi connectivity index (χ1n) is 17.5. The van der Waals surface area contributed by atoms with Crippen LogP contribution in [0.15, 0.2) is 0 Å². The molecule has 4 fully saturated rings. The summed E-state index contributed by atoms with van der Waals surface area (Å²) in [5.41, 5.74) is -3.82. The normalized spacial score (nSPS) is 47.9. The lowest BCUT2D eigenvalue weighted by Crippen LogP contribution is -2.61. The Balaban J connectivity index is 1.86. The zero-order valence-corrected chi connectivity index (χ0v) is 30.6. The molecule has 0 amide bonds. The number of likely N-dealkylation sites (N-methyl/N-ethyl adjacent to an activating group) is 1. The van der Waals surface area contributed by atoms with Gasteiger partial charge in [-0.3, -0.25) is 14.4 Å². The smallest absolute Gasteiger partial charge is 0.311 e. The van der Waals surface area contributed by atoms with E-state index in [2.05, 4.69) is 0 Å². The zero-order chi connectivity index (χ0) is 35.9. The molecular formula is C35H59NO12. The van der Waals surface area contributed by atoms with Gasteiger partial charge in [0.2, 0.25) is 0 Å². The molecule has 2 bridgehead atoms. The molecular weight excluding hydrogens is 626 g/mol. The van der Waals surface area contributed by atoms with Crippen LogP contribution in [0.2, 0.25) is 0 Å². The lowest BCUT2D eigenvalue weighted by molar-refractivity contribution is -0.305. The number of epoxide rings is 1. The van der Waals surface area contributed by atoms with Crippen LogP contribution in [0.1, 0.15) is 81.6 Å². The number of cyclic esters (lactones) is 1. The summed E-state index contributed by atoms with van der Waals surface area (Å²) in [6.45, 7) is 15.9. The molecule has 4 aliphatic heterocycles. The van der Waals surface area contributed by atoms with E-state index < -0.39 is 89.2 Å². The van der Waals surface area contributed by atoms with Gasteiger partial charge in [-0.25, -0.2) is 0 Å². The number of aliphatic hydroxyl groups is 2. The van der Waals surface area contributed by atoms with Gasteiger partial charge in [-0.1, -0.05) is 27.7 Å². The minimum atomic E-state index is -1.90. The molecule has 15 atom stereocenters. The number of carbonyl (C=O) groups is 3. The van der Waals surface area contributed by atoms with E-state index in [9.17, 15) is 24.6 Å². The van der Waals surface area contributed by atoms with Crippen LogP contribution in [0.4, 0.5) is 0 Å². The van der Waals surface area contributed by atoms with Crippen molar-refractivity contribution in [2.75, 3.05) is 33.9 Å².